The van der Waals surface area contributed by atoms with Gasteiger partial charge in [0.15, 0.2) is 11.5 Å². The molecule has 3 aromatic rings. The summed E-state index contributed by atoms with van der Waals surface area (Å²) in [4.78, 5) is 15.0. The molecule has 0 radical (unpaired) electrons. The van der Waals surface area contributed by atoms with Gasteiger partial charge in [-0.3, -0.25) is 4.79 Å². The van der Waals surface area contributed by atoms with Crippen molar-refractivity contribution in [3.63, 3.8) is 0 Å². The van der Waals surface area contributed by atoms with Gasteiger partial charge in [0, 0.05) is 6.54 Å². The summed E-state index contributed by atoms with van der Waals surface area (Å²) in [5.74, 6) is -0.0869. The first-order valence-electron chi connectivity index (χ1n) is 10.3. The zero-order valence-electron chi connectivity index (χ0n) is 18.1. The number of ether oxygens (including phenoxy) is 3. The van der Waals surface area contributed by atoms with Crippen molar-refractivity contribution in [3.8, 4) is 17.2 Å². The van der Waals surface area contributed by atoms with Crippen LogP contribution in [-0.2, 0) is 6.42 Å². The number of nitrogens with zero attached hydrogens (tertiary/aromatic N) is 1. The molecule has 5 nitrogen and oxygen atoms in total. The second-order valence-electron chi connectivity index (χ2n) is 7.53. The molecule has 172 valence electrons. The van der Waals surface area contributed by atoms with E-state index in [0.717, 1.165) is 11.1 Å². The van der Waals surface area contributed by atoms with Crippen LogP contribution >= 0.6 is 11.6 Å². The van der Waals surface area contributed by atoms with E-state index in [1.807, 2.05) is 6.07 Å². The van der Waals surface area contributed by atoms with Crippen molar-refractivity contribution in [3.05, 3.63) is 87.9 Å². The summed E-state index contributed by atoms with van der Waals surface area (Å²) >= 11 is 6.18. The number of methoxy groups -OCH3 is 2. The van der Waals surface area contributed by atoms with E-state index in [-0.39, 0.29) is 23.0 Å². The highest BCUT2D eigenvalue weighted by molar-refractivity contribution is 6.33. The Morgan fingerprint density at radius 3 is 2.42 bits per heavy atom. The van der Waals surface area contributed by atoms with Crippen LogP contribution in [0.5, 0.6) is 17.2 Å². The van der Waals surface area contributed by atoms with Gasteiger partial charge in [-0.05, 0) is 66.1 Å². The summed E-state index contributed by atoms with van der Waals surface area (Å²) in [5.41, 5.74) is 1.57. The van der Waals surface area contributed by atoms with Gasteiger partial charge < -0.3 is 19.1 Å². The predicted molar refractivity (Wildman–Crippen MR) is 120 cm³/mol. The summed E-state index contributed by atoms with van der Waals surface area (Å²) in [6.45, 7) is 0.384. The van der Waals surface area contributed by atoms with Gasteiger partial charge >= 0.3 is 0 Å². The molecular weight excluding hydrogens is 452 g/mol. The van der Waals surface area contributed by atoms with Crippen LogP contribution in [0.1, 0.15) is 27.5 Å². The quantitative estimate of drug-likeness (QED) is 0.477. The highest BCUT2D eigenvalue weighted by Crippen LogP contribution is 2.39. The first-order valence-corrected chi connectivity index (χ1v) is 10.7. The third kappa shape index (κ3) is 4.59. The van der Waals surface area contributed by atoms with Gasteiger partial charge in [-0.25, -0.2) is 8.78 Å². The molecule has 1 atom stereocenters. The fourth-order valence-corrected chi connectivity index (χ4v) is 4.25. The zero-order chi connectivity index (χ0) is 23.5. The summed E-state index contributed by atoms with van der Waals surface area (Å²) in [6.07, 6.45) is 0.528. The number of amides is 1. The minimum absolute atomic E-state index is 0.0383. The number of halogens is 3. The molecule has 8 heteroatoms. The highest BCUT2D eigenvalue weighted by Gasteiger charge is 2.35. The fourth-order valence-electron chi connectivity index (χ4n) is 4.00. The fraction of sp³-hybridized carbons (Fsp3) is 0.240. The molecule has 3 aromatic carbocycles. The Morgan fingerprint density at radius 2 is 1.76 bits per heavy atom. The number of rotatable bonds is 6. The molecule has 0 fully saturated rings. The van der Waals surface area contributed by atoms with E-state index < -0.39 is 17.8 Å². The van der Waals surface area contributed by atoms with Gasteiger partial charge in [-0.1, -0.05) is 17.7 Å². The molecule has 1 heterocycles. The average Bonchev–Trinajstić information content (AvgIpc) is 2.82. The lowest BCUT2D eigenvalue weighted by Gasteiger charge is -2.38. The van der Waals surface area contributed by atoms with E-state index in [2.05, 4.69) is 0 Å². The Hall–Kier alpha value is -3.32. The lowest BCUT2D eigenvalue weighted by molar-refractivity contribution is 0.0584. The van der Waals surface area contributed by atoms with Crippen molar-refractivity contribution >= 4 is 17.5 Å². The Kier molecular flexibility index (Phi) is 6.70. The van der Waals surface area contributed by atoms with Crippen LogP contribution in [0.2, 0.25) is 5.02 Å². The van der Waals surface area contributed by atoms with Gasteiger partial charge in [-0.2, -0.15) is 0 Å². The van der Waals surface area contributed by atoms with Gasteiger partial charge in [0.05, 0.1) is 30.8 Å². The molecule has 0 N–H and O–H groups in total. The normalized spacial score (nSPS) is 15.1. The second kappa shape index (κ2) is 9.67. The van der Waals surface area contributed by atoms with Crippen LogP contribution in [0.15, 0.2) is 54.6 Å². The number of hydrogen-bond donors (Lipinski definition) is 0. The van der Waals surface area contributed by atoms with Crippen LogP contribution < -0.4 is 14.2 Å². The third-order valence-corrected chi connectivity index (χ3v) is 5.98. The Bertz CT molecular complexity index is 1150. The lowest BCUT2D eigenvalue weighted by atomic mass is 9.91. The van der Waals surface area contributed by atoms with Crippen LogP contribution in [0.25, 0.3) is 0 Å². The van der Waals surface area contributed by atoms with Crippen molar-refractivity contribution < 1.29 is 27.8 Å². The number of fused-ring (bicyclic) bond motifs is 1. The third-order valence-electron chi connectivity index (χ3n) is 5.66. The summed E-state index contributed by atoms with van der Waals surface area (Å²) < 4.78 is 44.6. The largest absolute Gasteiger partial charge is 0.493 e. The molecular formula is C25H22ClF2NO4. The molecule has 0 aliphatic carbocycles. The van der Waals surface area contributed by atoms with Gasteiger partial charge in [0.1, 0.15) is 24.0 Å². The maximum atomic E-state index is 14.5. The van der Waals surface area contributed by atoms with Gasteiger partial charge in [0.2, 0.25) is 0 Å². The van der Waals surface area contributed by atoms with Crippen molar-refractivity contribution in [2.75, 3.05) is 27.4 Å². The Balaban J connectivity index is 1.74. The van der Waals surface area contributed by atoms with E-state index in [1.165, 1.54) is 49.6 Å². The van der Waals surface area contributed by atoms with Crippen LogP contribution in [0.3, 0.4) is 0 Å². The lowest BCUT2D eigenvalue weighted by Crippen LogP contribution is -2.43. The number of carbonyl (C=O) groups is 1. The highest BCUT2D eigenvalue weighted by atomic mass is 35.5. The maximum absolute atomic E-state index is 14.5. The zero-order valence-corrected chi connectivity index (χ0v) is 18.9. The van der Waals surface area contributed by atoms with Crippen LogP contribution in [-0.4, -0.2) is 38.2 Å². The van der Waals surface area contributed by atoms with E-state index >= 15 is 0 Å². The molecule has 0 saturated heterocycles. The molecule has 1 aliphatic rings. The van der Waals surface area contributed by atoms with Crippen LogP contribution in [0, 0.1) is 11.6 Å². The first-order chi connectivity index (χ1) is 15.9. The molecule has 33 heavy (non-hydrogen) atoms. The molecule has 4 rings (SSSR count). The van der Waals surface area contributed by atoms with E-state index in [9.17, 15) is 13.6 Å². The van der Waals surface area contributed by atoms with Crippen LogP contribution in [0.4, 0.5) is 8.78 Å². The summed E-state index contributed by atoms with van der Waals surface area (Å²) in [7, 11) is 3.08. The second-order valence-corrected chi connectivity index (χ2v) is 7.94. The van der Waals surface area contributed by atoms with E-state index in [1.54, 1.807) is 18.1 Å². The van der Waals surface area contributed by atoms with Gasteiger partial charge in [-0.15, -0.1) is 0 Å². The topological polar surface area (TPSA) is 48.0 Å². The van der Waals surface area contributed by atoms with E-state index in [4.69, 9.17) is 25.8 Å². The smallest absolute Gasteiger partial charge is 0.259 e. The average molecular weight is 474 g/mol. The van der Waals surface area contributed by atoms with Crippen molar-refractivity contribution in [1.29, 1.82) is 0 Å². The molecule has 0 saturated carbocycles. The number of hydrogen-bond acceptors (Lipinski definition) is 4. The van der Waals surface area contributed by atoms with Gasteiger partial charge in [0.25, 0.3) is 5.91 Å². The summed E-state index contributed by atoms with van der Waals surface area (Å²) in [5, 5.41) is 0.0383. The van der Waals surface area contributed by atoms with Crippen molar-refractivity contribution in [2.24, 2.45) is 0 Å². The molecule has 0 bridgehead atoms. The molecule has 0 unspecified atom stereocenters. The SMILES string of the molecule is COc1cc2c(cc1OC)[C@H](COc1ccc(F)cc1)N(C(=O)c1c(F)cccc1Cl)CC2. The minimum atomic E-state index is -0.691. The standard InChI is InChI=1S/C25H22ClF2NO4/c1-31-22-12-15-10-11-29(25(30)24-19(26)4-3-5-20(24)28)21(18(15)13-23(22)32-2)14-33-17-8-6-16(27)7-9-17/h3-9,12-13,21H,10-11,14H2,1-2H3/t21-/m0/s1. The number of carbonyl (C=O) groups excluding carboxylic acids is 1. The molecule has 0 spiro atoms. The molecule has 1 amide bonds. The predicted octanol–water partition coefficient (Wildman–Crippen LogP) is 5.45. The van der Waals surface area contributed by atoms with Crippen molar-refractivity contribution in [1.82, 2.24) is 4.90 Å². The van der Waals surface area contributed by atoms with Crippen molar-refractivity contribution in [2.45, 2.75) is 12.5 Å². The monoisotopic (exact) mass is 473 g/mol. The summed E-state index contributed by atoms with van der Waals surface area (Å²) in [6, 6.07) is 12.8. The molecule has 0 aromatic heterocycles. The molecule has 1 aliphatic heterocycles. The Labute approximate surface area is 195 Å². The van der Waals surface area contributed by atoms with E-state index in [0.29, 0.717) is 30.2 Å². The minimum Gasteiger partial charge on any atom is -0.493 e. The Morgan fingerprint density at radius 1 is 1.06 bits per heavy atom. The maximum Gasteiger partial charge on any atom is 0.259 e. The first kappa shape index (κ1) is 22.9. The number of benzene rings is 3.